The van der Waals surface area contributed by atoms with Crippen LogP contribution in [0.2, 0.25) is 0 Å². The number of hydrogen-bond donors (Lipinski definition) is 2. The van der Waals surface area contributed by atoms with Crippen LogP contribution in [0.25, 0.3) is 0 Å². The fraction of sp³-hybridized carbons (Fsp3) is 0.900. The lowest BCUT2D eigenvalue weighted by atomic mass is 10.3. The van der Waals surface area contributed by atoms with E-state index in [1.54, 1.807) is 7.11 Å². The third-order valence-corrected chi connectivity index (χ3v) is 1.81. The molecule has 5 nitrogen and oxygen atoms in total. The summed E-state index contributed by atoms with van der Waals surface area (Å²) < 4.78 is 10.0. The predicted molar refractivity (Wildman–Crippen MR) is 58.8 cm³/mol. The van der Waals surface area contributed by atoms with Crippen molar-refractivity contribution in [2.24, 2.45) is 0 Å². The maximum Gasteiger partial charge on any atom is 0.234 e. The van der Waals surface area contributed by atoms with E-state index in [1.807, 2.05) is 13.8 Å². The number of nitrogens with one attached hydrogen (secondary N) is 2. The molecule has 0 saturated carbocycles. The zero-order chi connectivity index (χ0) is 11.5. The zero-order valence-electron chi connectivity index (χ0n) is 9.84. The summed E-state index contributed by atoms with van der Waals surface area (Å²) in [5.41, 5.74) is 0. The second kappa shape index (κ2) is 9.89. The van der Waals surface area contributed by atoms with Crippen LogP contribution in [0, 0.1) is 0 Å². The second-order valence-corrected chi connectivity index (χ2v) is 3.28. The van der Waals surface area contributed by atoms with Gasteiger partial charge < -0.3 is 20.1 Å². The Balaban J connectivity index is 3.36. The van der Waals surface area contributed by atoms with Gasteiger partial charge in [0.1, 0.15) is 0 Å². The third kappa shape index (κ3) is 9.65. The highest BCUT2D eigenvalue weighted by atomic mass is 16.5. The van der Waals surface area contributed by atoms with Crippen LogP contribution in [0.1, 0.15) is 13.8 Å². The van der Waals surface area contributed by atoms with Crippen molar-refractivity contribution in [3.8, 4) is 0 Å². The first kappa shape index (κ1) is 14.3. The maximum absolute atomic E-state index is 11.2. The van der Waals surface area contributed by atoms with Gasteiger partial charge in [-0.05, 0) is 13.8 Å². The summed E-state index contributed by atoms with van der Waals surface area (Å²) >= 11 is 0. The normalized spacial score (nSPS) is 12.5. The summed E-state index contributed by atoms with van der Waals surface area (Å²) in [6, 6.07) is 0.193. The van der Waals surface area contributed by atoms with Gasteiger partial charge in [0.25, 0.3) is 0 Å². The molecule has 0 aromatic rings. The Bertz CT molecular complexity index is 165. The average molecular weight is 218 g/mol. The number of hydrogen-bond acceptors (Lipinski definition) is 4. The summed E-state index contributed by atoms with van der Waals surface area (Å²) in [7, 11) is 1.61. The molecule has 1 unspecified atom stereocenters. The van der Waals surface area contributed by atoms with Crippen LogP contribution in [0.3, 0.4) is 0 Å². The van der Waals surface area contributed by atoms with E-state index in [2.05, 4.69) is 10.6 Å². The third-order valence-electron chi connectivity index (χ3n) is 1.81. The second-order valence-electron chi connectivity index (χ2n) is 3.28. The average Bonchev–Trinajstić information content (AvgIpc) is 2.24. The molecule has 1 amide bonds. The summed E-state index contributed by atoms with van der Waals surface area (Å²) in [6.07, 6.45) is 0. The topological polar surface area (TPSA) is 59.6 Å². The standard InChI is InChI=1S/C10H22N2O3/c1-4-15-8-9(2)12-7-10(13)11-5-6-14-3/h9,12H,4-8H2,1-3H3,(H,11,13). The lowest BCUT2D eigenvalue weighted by Crippen LogP contribution is -2.40. The van der Waals surface area contributed by atoms with E-state index < -0.39 is 0 Å². The molecule has 5 heteroatoms. The van der Waals surface area contributed by atoms with Gasteiger partial charge in [-0.15, -0.1) is 0 Å². The molecule has 0 rings (SSSR count). The predicted octanol–water partition coefficient (Wildman–Crippen LogP) is -0.236. The largest absolute Gasteiger partial charge is 0.383 e. The van der Waals surface area contributed by atoms with Gasteiger partial charge in [0.05, 0.1) is 19.8 Å². The summed E-state index contributed by atoms with van der Waals surface area (Å²) in [6.45, 7) is 6.67. The number of rotatable bonds is 9. The van der Waals surface area contributed by atoms with E-state index >= 15 is 0 Å². The SMILES string of the molecule is CCOCC(C)NCC(=O)NCCOC. The molecule has 0 aliphatic heterocycles. The van der Waals surface area contributed by atoms with Gasteiger partial charge in [-0.2, -0.15) is 0 Å². The summed E-state index contributed by atoms with van der Waals surface area (Å²) in [4.78, 5) is 11.2. The van der Waals surface area contributed by atoms with Gasteiger partial charge in [-0.1, -0.05) is 0 Å². The van der Waals surface area contributed by atoms with E-state index in [0.29, 0.717) is 32.9 Å². The Morgan fingerprint density at radius 3 is 2.80 bits per heavy atom. The van der Waals surface area contributed by atoms with Gasteiger partial charge in [0.15, 0.2) is 0 Å². The highest BCUT2D eigenvalue weighted by Crippen LogP contribution is 1.83. The van der Waals surface area contributed by atoms with Crippen LogP contribution in [0.5, 0.6) is 0 Å². The van der Waals surface area contributed by atoms with Crippen molar-refractivity contribution >= 4 is 5.91 Å². The molecule has 0 fully saturated rings. The lowest BCUT2D eigenvalue weighted by Gasteiger charge is -2.13. The van der Waals surface area contributed by atoms with Crippen molar-refractivity contribution in [2.75, 3.05) is 40.0 Å². The number of carbonyl (C=O) groups excluding carboxylic acids is 1. The summed E-state index contributed by atoms with van der Waals surface area (Å²) in [5, 5.41) is 5.79. The molecule has 0 bridgehead atoms. The van der Waals surface area contributed by atoms with Crippen molar-refractivity contribution in [2.45, 2.75) is 19.9 Å². The minimum Gasteiger partial charge on any atom is -0.383 e. The molecule has 1 atom stereocenters. The number of carbonyl (C=O) groups is 1. The van der Waals surface area contributed by atoms with Crippen molar-refractivity contribution in [3.63, 3.8) is 0 Å². The number of methoxy groups -OCH3 is 1. The van der Waals surface area contributed by atoms with Crippen LogP contribution in [-0.2, 0) is 14.3 Å². The fourth-order valence-corrected chi connectivity index (χ4v) is 0.975. The van der Waals surface area contributed by atoms with Gasteiger partial charge in [0.2, 0.25) is 5.91 Å². The molecule has 90 valence electrons. The monoisotopic (exact) mass is 218 g/mol. The molecule has 0 aliphatic carbocycles. The van der Waals surface area contributed by atoms with E-state index in [9.17, 15) is 4.79 Å². The van der Waals surface area contributed by atoms with Gasteiger partial charge in [-0.3, -0.25) is 4.79 Å². The number of ether oxygens (including phenoxy) is 2. The Kier molecular flexibility index (Phi) is 9.46. The first-order chi connectivity index (χ1) is 7.20. The van der Waals surface area contributed by atoms with Crippen LogP contribution < -0.4 is 10.6 Å². The van der Waals surface area contributed by atoms with Crippen LogP contribution in [-0.4, -0.2) is 52.0 Å². The zero-order valence-corrected chi connectivity index (χ0v) is 9.84. The fourth-order valence-electron chi connectivity index (χ4n) is 0.975. The molecular formula is C10H22N2O3. The van der Waals surface area contributed by atoms with Crippen LogP contribution in [0.4, 0.5) is 0 Å². The molecule has 0 heterocycles. The van der Waals surface area contributed by atoms with Gasteiger partial charge in [0, 0.05) is 26.3 Å². The van der Waals surface area contributed by atoms with Crippen molar-refractivity contribution < 1.29 is 14.3 Å². The molecular weight excluding hydrogens is 196 g/mol. The molecule has 15 heavy (non-hydrogen) atoms. The summed E-state index contributed by atoms with van der Waals surface area (Å²) in [5.74, 6) is -0.0181. The van der Waals surface area contributed by atoms with E-state index in [4.69, 9.17) is 9.47 Å². The number of amides is 1. The minimum absolute atomic E-state index is 0.0181. The Morgan fingerprint density at radius 1 is 1.47 bits per heavy atom. The van der Waals surface area contributed by atoms with Crippen LogP contribution >= 0.6 is 0 Å². The van der Waals surface area contributed by atoms with Crippen molar-refractivity contribution in [1.29, 1.82) is 0 Å². The highest BCUT2D eigenvalue weighted by Gasteiger charge is 2.04. The van der Waals surface area contributed by atoms with Gasteiger partial charge in [-0.25, -0.2) is 0 Å². The van der Waals surface area contributed by atoms with E-state index in [0.717, 1.165) is 0 Å². The Labute approximate surface area is 91.5 Å². The minimum atomic E-state index is -0.0181. The highest BCUT2D eigenvalue weighted by molar-refractivity contribution is 5.77. The maximum atomic E-state index is 11.2. The molecule has 0 aromatic heterocycles. The molecule has 2 N–H and O–H groups in total. The molecule has 0 saturated heterocycles. The Morgan fingerprint density at radius 2 is 2.20 bits per heavy atom. The van der Waals surface area contributed by atoms with Crippen molar-refractivity contribution in [1.82, 2.24) is 10.6 Å². The van der Waals surface area contributed by atoms with Crippen LogP contribution in [0.15, 0.2) is 0 Å². The molecule has 0 radical (unpaired) electrons. The Hall–Kier alpha value is -0.650. The van der Waals surface area contributed by atoms with E-state index in [-0.39, 0.29) is 11.9 Å². The first-order valence-electron chi connectivity index (χ1n) is 5.27. The molecule has 0 aliphatic rings. The van der Waals surface area contributed by atoms with Crippen molar-refractivity contribution in [3.05, 3.63) is 0 Å². The molecule has 0 spiro atoms. The first-order valence-corrected chi connectivity index (χ1v) is 5.27. The van der Waals surface area contributed by atoms with Gasteiger partial charge >= 0.3 is 0 Å². The lowest BCUT2D eigenvalue weighted by molar-refractivity contribution is -0.120. The molecule has 0 aromatic carbocycles. The quantitative estimate of drug-likeness (QED) is 0.525. The van der Waals surface area contributed by atoms with E-state index in [1.165, 1.54) is 0 Å². The smallest absolute Gasteiger partial charge is 0.234 e.